The van der Waals surface area contributed by atoms with E-state index in [4.69, 9.17) is 4.74 Å². The lowest BCUT2D eigenvalue weighted by Crippen LogP contribution is -2.46. The molecule has 1 aliphatic heterocycles. The van der Waals surface area contributed by atoms with Gasteiger partial charge in [-0.05, 0) is 17.7 Å². The number of methoxy groups -OCH3 is 2. The second-order valence-corrected chi connectivity index (χ2v) is 3.73. The predicted octanol–water partition coefficient (Wildman–Crippen LogP) is 1.83. The molecule has 0 saturated heterocycles. The second kappa shape index (κ2) is 4.91. The molecular formula is C13H13NO4. The maximum atomic E-state index is 11.8. The Morgan fingerprint density at radius 3 is 2.56 bits per heavy atom. The van der Waals surface area contributed by atoms with Crippen LogP contribution in [0.25, 0.3) is 6.08 Å². The number of hydrogen-bond acceptors (Lipinski definition) is 4. The van der Waals surface area contributed by atoms with Crippen molar-refractivity contribution in [2.24, 2.45) is 0 Å². The van der Waals surface area contributed by atoms with Gasteiger partial charge in [-0.25, -0.2) is 9.59 Å². The summed E-state index contributed by atoms with van der Waals surface area (Å²) in [5.74, 6) is -0.508. The highest BCUT2D eigenvalue weighted by Gasteiger charge is 2.34. The van der Waals surface area contributed by atoms with Gasteiger partial charge in [0.15, 0.2) is 6.04 Å². The number of esters is 1. The normalized spacial score (nSPS) is 17.0. The summed E-state index contributed by atoms with van der Waals surface area (Å²) < 4.78 is 9.41. The Bertz CT molecular complexity index is 509. The number of amides is 1. The molecule has 0 spiro atoms. The zero-order chi connectivity index (χ0) is 13.1. The summed E-state index contributed by atoms with van der Waals surface area (Å²) in [6.45, 7) is 0. The predicted molar refractivity (Wildman–Crippen MR) is 66.2 cm³/mol. The van der Waals surface area contributed by atoms with Crippen molar-refractivity contribution in [3.8, 4) is 0 Å². The zero-order valence-corrected chi connectivity index (χ0v) is 10.1. The molecule has 1 atom stereocenters. The number of carbonyl (C=O) groups is 2. The highest BCUT2D eigenvalue weighted by molar-refractivity contribution is 6.01. The second-order valence-electron chi connectivity index (χ2n) is 3.73. The number of anilines is 1. The molecule has 0 N–H and O–H groups in total. The molecule has 0 radical (unpaired) electrons. The Labute approximate surface area is 105 Å². The van der Waals surface area contributed by atoms with Crippen LogP contribution in [0.1, 0.15) is 5.56 Å². The fraction of sp³-hybridized carbons (Fsp3) is 0.231. The van der Waals surface area contributed by atoms with Gasteiger partial charge in [-0.1, -0.05) is 24.3 Å². The van der Waals surface area contributed by atoms with Gasteiger partial charge in [-0.2, -0.15) is 0 Å². The monoisotopic (exact) mass is 247 g/mol. The van der Waals surface area contributed by atoms with E-state index in [0.29, 0.717) is 5.69 Å². The summed E-state index contributed by atoms with van der Waals surface area (Å²) in [5.41, 5.74) is 1.48. The highest BCUT2D eigenvalue weighted by Crippen LogP contribution is 2.29. The van der Waals surface area contributed by atoms with E-state index in [9.17, 15) is 9.59 Å². The number of ether oxygens (including phenoxy) is 2. The maximum Gasteiger partial charge on any atom is 0.415 e. The van der Waals surface area contributed by atoms with E-state index in [1.54, 1.807) is 24.3 Å². The van der Waals surface area contributed by atoms with Crippen LogP contribution in [0.2, 0.25) is 0 Å². The number of hydrogen-bond donors (Lipinski definition) is 0. The maximum absolute atomic E-state index is 11.8. The first-order chi connectivity index (χ1) is 8.69. The molecule has 1 unspecified atom stereocenters. The Balaban J connectivity index is 2.48. The third-order valence-electron chi connectivity index (χ3n) is 2.75. The number of benzene rings is 1. The van der Waals surface area contributed by atoms with Crippen molar-refractivity contribution in [1.29, 1.82) is 0 Å². The average Bonchev–Trinajstić information content (AvgIpc) is 2.44. The van der Waals surface area contributed by atoms with E-state index >= 15 is 0 Å². The summed E-state index contributed by atoms with van der Waals surface area (Å²) >= 11 is 0. The minimum absolute atomic E-state index is 0.508. The Hall–Kier alpha value is -2.30. The summed E-state index contributed by atoms with van der Waals surface area (Å²) in [7, 11) is 2.56. The molecule has 1 aliphatic rings. The molecule has 1 aromatic rings. The number of carbonyl (C=O) groups excluding carboxylic acids is 2. The Morgan fingerprint density at radius 1 is 1.17 bits per heavy atom. The van der Waals surface area contributed by atoms with Crippen molar-refractivity contribution in [3.63, 3.8) is 0 Å². The summed E-state index contributed by atoms with van der Waals surface area (Å²) in [6, 6.07) is 6.47. The number of nitrogens with zero attached hydrogens (tertiary/aromatic N) is 1. The SMILES string of the molecule is COC(=O)C1C=Cc2ccccc2N1C(=O)OC. The molecule has 0 bridgehead atoms. The van der Waals surface area contributed by atoms with Gasteiger partial charge >= 0.3 is 12.1 Å². The highest BCUT2D eigenvalue weighted by atomic mass is 16.5. The van der Waals surface area contributed by atoms with Crippen molar-refractivity contribution in [2.75, 3.05) is 19.1 Å². The zero-order valence-electron chi connectivity index (χ0n) is 10.1. The van der Waals surface area contributed by atoms with Crippen LogP contribution in [0.4, 0.5) is 10.5 Å². The van der Waals surface area contributed by atoms with Crippen molar-refractivity contribution >= 4 is 23.8 Å². The van der Waals surface area contributed by atoms with E-state index in [2.05, 4.69) is 4.74 Å². The molecule has 94 valence electrons. The molecule has 2 rings (SSSR count). The first kappa shape index (κ1) is 12.2. The first-order valence-electron chi connectivity index (χ1n) is 5.41. The van der Waals surface area contributed by atoms with Crippen molar-refractivity contribution in [2.45, 2.75) is 6.04 Å². The Kier molecular flexibility index (Phi) is 3.32. The van der Waals surface area contributed by atoms with Crippen LogP contribution >= 0.6 is 0 Å². The van der Waals surface area contributed by atoms with Crippen LogP contribution in [0.5, 0.6) is 0 Å². The summed E-state index contributed by atoms with van der Waals surface area (Å²) in [5, 5.41) is 0. The van der Waals surface area contributed by atoms with Crippen LogP contribution in [-0.4, -0.2) is 32.3 Å². The fourth-order valence-corrected chi connectivity index (χ4v) is 1.89. The standard InChI is InChI=1S/C13H13NO4/c1-17-12(15)11-8-7-9-5-3-4-6-10(9)14(11)13(16)18-2/h3-8,11H,1-2H3. The molecule has 5 heteroatoms. The van der Waals surface area contributed by atoms with Crippen molar-refractivity contribution in [1.82, 2.24) is 0 Å². The molecule has 18 heavy (non-hydrogen) atoms. The largest absolute Gasteiger partial charge is 0.467 e. The van der Waals surface area contributed by atoms with E-state index in [1.165, 1.54) is 19.1 Å². The Morgan fingerprint density at radius 2 is 1.89 bits per heavy atom. The molecular weight excluding hydrogens is 234 g/mol. The lowest BCUT2D eigenvalue weighted by atomic mass is 10.0. The fourth-order valence-electron chi connectivity index (χ4n) is 1.89. The van der Waals surface area contributed by atoms with Gasteiger partial charge in [0, 0.05) is 0 Å². The molecule has 0 aromatic heterocycles. The molecule has 1 heterocycles. The minimum Gasteiger partial charge on any atom is -0.467 e. The number of fused-ring (bicyclic) bond motifs is 1. The third-order valence-corrected chi connectivity index (χ3v) is 2.75. The van der Waals surface area contributed by atoms with Gasteiger partial charge in [0.05, 0.1) is 19.9 Å². The topological polar surface area (TPSA) is 55.8 Å². The van der Waals surface area contributed by atoms with Gasteiger partial charge < -0.3 is 9.47 Å². The van der Waals surface area contributed by atoms with Crippen molar-refractivity contribution < 1.29 is 19.1 Å². The van der Waals surface area contributed by atoms with E-state index < -0.39 is 18.1 Å². The van der Waals surface area contributed by atoms with Crippen molar-refractivity contribution in [3.05, 3.63) is 35.9 Å². The molecule has 1 amide bonds. The van der Waals surface area contributed by atoms with E-state index in [-0.39, 0.29) is 0 Å². The molecule has 0 aliphatic carbocycles. The molecule has 5 nitrogen and oxygen atoms in total. The minimum atomic E-state index is -0.794. The lowest BCUT2D eigenvalue weighted by Gasteiger charge is -2.30. The molecule has 1 aromatic carbocycles. The van der Waals surface area contributed by atoms with Gasteiger partial charge in [0.2, 0.25) is 0 Å². The van der Waals surface area contributed by atoms with E-state index in [1.807, 2.05) is 12.1 Å². The third kappa shape index (κ3) is 1.95. The van der Waals surface area contributed by atoms with Crippen LogP contribution in [0, 0.1) is 0 Å². The van der Waals surface area contributed by atoms with E-state index in [0.717, 1.165) is 5.56 Å². The molecule has 0 saturated carbocycles. The average molecular weight is 247 g/mol. The number of para-hydroxylation sites is 1. The van der Waals surface area contributed by atoms with Crippen LogP contribution in [0.3, 0.4) is 0 Å². The van der Waals surface area contributed by atoms with Crippen LogP contribution in [-0.2, 0) is 14.3 Å². The smallest absolute Gasteiger partial charge is 0.415 e. The molecule has 0 fully saturated rings. The van der Waals surface area contributed by atoms with Gasteiger partial charge in [0.1, 0.15) is 0 Å². The lowest BCUT2D eigenvalue weighted by molar-refractivity contribution is -0.140. The van der Waals surface area contributed by atoms with Gasteiger partial charge in [0.25, 0.3) is 0 Å². The number of rotatable bonds is 1. The summed E-state index contributed by atoms with van der Waals surface area (Å²) in [4.78, 5) is 24.8. The first-order valence-corrected chi connectivity index (χ1v) is 5.41. The summed E-state index contributed by atoms with van der Waals surface area (Å²) in [6.07, 6.45) is 2.81. The van der Waals surface area contributed by atoms with Crippen LogP contribution < -0.4 is 4.90 Å². The van der Waals surface area contributed by atoms with Gasteiger partial charge in [-0.3, -0.25) is 4.90 Å². The van der Waals surface area contributed by atoms with Gasteiger partial charge in [-0.15, -0.1) is 0 Å². The quantitative estimate of drug-likeness (QED) is 0.710. The van der Waals surface area contributed by atoms with Crippen LogP contribution in [0.15, 0.2) is 30.3 Å².